The minimum Gasteiger partial charge on any atom is -0.355 e. The van der Waals surface area contributed by atoms with Gasteiger partial charge in [0.1, 0.15) is 0 Å². The standard InChI is InChI=1S/C15H21ClN2O/c1-2-3-14(11-4-6-12(16)7-5-11)18-13-8-9-15(19)17-10-13/h4-7,13-14,18H,2-3,8-10H2,1H3,(H,17,19). The van der Waals surface area contributed by atoms with Crippen LogP contribution in [-0.4, -0.2) is 18.5 Å². The van der Waals surface area contributed by atoms with Gasteiger partial charge in [0.05, 0.1) is 0 Å². The van der Waals surface area contributed by atoms with Crippen LogP contribution >= 0.6 is 11.6 Å². The van der Waals surface area contributed by atoms with Crippen LogP contribution < -0.4 is 10.6 Å². The lowest BCUT2D eigenvalue weighted by Crippen LogP contribution is -2.46. The summed E-state index contributed by atoms with van der Waals surface area (Å²) in [5, 5.41) is 7.34. The Bertz CT molecular complexity index is 409. The van der Waals surface area contributed by atoms with Crippen molar-refractivity contribution in [1.82, 2.24) is 10.6 Å². The number of halogens is 1. The molecule has 19 heavy (non-hydrogen) atoms. The molecule has 1 amide bonds. The van der Waals surface area contributed by atoms with Crippen molar-refractivity contribution in [2.45, 2.75) is 44.7 Å². The highest BCUT2D eigenvalue weighted by Gasteiger charge is 2.21. The van der Waals surface area contributed by atoms with E-state index in [1.54, 1.807) is 0 Å². The molecule has 2 unspecified atom stereocenters. The van der Waals surface area contributed by atoms with Gasteiger partial charge >= 0.3 is 0 Å². The molecule has 104 valence electrons. The van der Waals surface area contributed by atoms with Crippen LogP contribution in [0, 0.1) is 0 Å². The van der Waals surface area contributed by atoms with Crippen molar-refractivity contribution >= 4 is 17.5 Å². The van der Waals surface area contributed by atoms with Crippen LogP contribution in [0.5, 0.6) is 0 Å². The fraction of sp³-hybridized carbons (Fsp3) is 0.533. The Balaban J connectivity index is 1.99. The number of carbonyl (C=O) groups is 1. The Hall–Kier alpha value is -1.06. The van der Waals surface area contributed by atoms with Crippen molar-refractivity contribution in [3.8, 4) is 0 Å². The molecule has 1 fully saturated rings. The summed E-state index contributed by atoms with van der Waals surface area (Å²) < 4.78 is 0. The summed E-state index contributed by atoms with van der Waals surface area (Å²) in [6.45, 7) is 2.92. The summed E-state index contributed by atoms with van der Waals surface area (Å²) in [5.41, 5.74) is 1.27. The summed E-state index contributed by atoms with van der Waals surface area (Å²) in [5.74, 6) is 0.164. The molecule has 0 aliphatic carbocycles. The van der Waals surface area contributed by atoms with E-state index in [1.165, 1.54) is 5.56 Å². The molecule has 1 heterocycles. The lowest BCUT2D eigenvalue weighted by atomic mass is 9.99. The molecule has 1 aliphatic heterocycles. The molecule has 2 atom stereocenters. The molecule has 2 rings (SSSR count). The summed E-state index contributed by atoms with van der Waals surface area (Å²) in [6.07, 6.45) is 3.75. The van der Waals surface area contributed by atoms with Gasteiger partial charge in [0.15, 0.2) is 0 Å². The van der Waals surface area contributed by atoms with Gasteiger partial charge in [-0.25, -0.2) is 0 Å². The lowest BCUT2D eigenvalue weighted by molar-refractivity contribution is -0.122. The summed E-state index contributed by atoms with van der Waals surface area (Å²) in [4.78, 5) is 11.2. The van der Waals surface area contributed by atoms with Crippen molar-refractivity contribution in [2.75, 3.05) is 6.54 Å². The van der Waals surface area contributed by atoms with Gasteiger partial charge in [-0.05, 0) is 30.5 Å². The number of hydrogen-bond acceptors (Lipinski definition) is 2. The second-order valence-corrected chi connectivity index (χ2v) is 5.54. The van der Waals surface area contributed by atoms with E-state index in [0.29, 0.717) is 18.5 Å². The first-order chi connectivity index (χ1) is 9.19. The molecule has 0 spiro atoms. The predicted octanol–water partition coefficient (Wildman–Crippen LogP) is 3.05. The van der Waals surface area contributed by atoms with E-state index in [4.69, 9.17) is 11.6 Å². The molecule has 3 nitrogen and oxygen atoms in total. The van der Waals surface area contributed by atoms with E-state index in [-0.39, 0.29) is 5.91 Å². The first-order valence-corrected chi connectivity index (χ1v) is 7.35. The van der Waals surface area contributed by atoms with Gasteiger partial charge in [-0.2, -0.15) is 0 Å². The third kappa shape index (κ3) is 4.22. The Kier molecular flexibility index (Phi) is 5.23. The normalized spacial score (nSPS) is 20.9. The second kappa shape index (κ2) is 6.92. The van der Waals surface area contributed by atoms with Crippen LogP contribution in [0.25, 0.3) is 0 Å². The molecule has 1 aliphatic rings. The average Bonchev–Trinajstić information content (AvgIpc) is 2.42. The number of carbonyl (C=O) groups excluding carboxylic acids is 1. The molecular weight excluding hydrogens is 260 g/mol. The van der Waals surface area contributed by atoms with E-state index >= 15 is 0 Å². The van der Waals surface area contributed by atoms with Crippen LogP contribution in [0.15, 0.2) is 24.3 Å². The van der Waals surface area contributed by atoms with Crippen LogP contribution in [0.4, 0.5) is 0 Å². The van der Waals surface area contributed by atoms with Crippen LogP contribution in [0.2, 0.25) is 5.02 Å². The molecule has 1 saturated heterocycles. The van der Waals surface area contributed by atoms with Crippen molar-refractivity contribution in [1.29, 1.82) is 0 Å². The van der Waals surface area contributed by atoms with Crippen LogP contribution in [0.1, 0.15) is 44.2 Å². The highest BCUT2D eigenvalue weighted by Crippen LogP contribution is 2.22. The van der Waals surface area contributed by atoms with E-state index in [2.05, 4.69) is 29.7 Å². The number of hydrogen-bond donors (Lipinski definition) is 2. The molecular formula is C15H21ClN2O. The molecule has 0 saturated carbocycles. The largest absolute Gasteiger partial charge is 0.355 e. The maximum absolute atomic E-state index is 11.2. The van der Waals surface area contributed by atoms with E-state index in [1.807, 2.05) is 12.1 Å². The van der Waals surface area contributed by atoms with Crippen molar-refractivity contribution in [2.24, 2.45) is 0 Å². The van der Waals surface area contributed by atoms with Gasteiger partial charge < -0.3 is 10.6 Å². The Morgan fingerprint density at radius 1 is 1.42 bits per heavy atom. The van der Waals surface area contributed by atoms with Gasteiger partial charge in [0.2, 0.25) is 5.91 Å². The minimum absolute atomic E-state index is 0.164. The number of nitrogens with one attached hydrogen (secondary N) is 2. The first-order valence-electron chi connectivity index (χ1n) is 6.97. The van der Waals surface area contributed by atoms with Crippen LogP contribution in [0.3, 0.4) is 0 Å². The zero-order valence-corrected chi connectivity index (χ0v) is 12.0. The zero-order chi connectivity index (χ0) is 13.7. The summed E-state index contributed by atoms with van der Waals surface area (Å²) in [7, 11) is 0. The van der Waals surface area contributed by atoms with Crippen LogP contribution in [-0.2, 0) is 4.79 Å². The zero-order valence-electron chi connectivity index (χ0n) is 11.3. The number of piperidine rings is 1. The number of rotatable bonds is 5. The first kappa shape index (κ1) is 14.4. The van der Waals surface area contributed by atoms with Gasteiger partial charge in [0.25, 0.3) is 0 Å². The highest BCUT2D eigenvalue weighted by molar-refractivity contribution is 6.30. The monoisotopic (exact) mass is 280 g/mol. The minimum atomic E-state index is 0.164. The van der Waals surface area contributed by atoms with Gasteiger partial charge in [-0.1, -0.05) is 37.1 Å². The second-order valence-electron chi connectivity index (χ2n) is 5.10. The van der Waals surface area contributed by atoms with E-state index < -0.39 is 0 Å². The summed E-state index contributed by atoms with van der Waals surface area (Å²) in [6, 6.07) is 8.73. The lowest BCUT2D eigenvalue weighted by Gasteiger charge is -2.29. The molecule has 0 aromatic heterocycles. The van der Waals surface area contributed by atoms with E-state index in [9.17, 15) is 4.79 Å². The molecule has 4 heteroatoms. The van der Waals surface area contributed by atoms with Gasteiger partial charge in [-0.15, -0.1) is 0 Å². The SMILES string of the molecule is CCCC(NC1CCC(=O)NC1)c1ccc(Cl)cc1. The average molecular weight is 281 g/mol. The third-order valence-electron chi connectivity index (χ3n) is 3.55. The number of benzene rings is 1. The highest BCUT2D eigenvalue weighted by atomic mass is 35.5. The molecule has 0 bridgehead atoms. The fourth-order valence-electron chi connectivity index (χ4n) is 2.49. The Morgan fingerprint density at radius 2 is 2.16 bits per heavy atom. The summed E-state index contributed by atoms with van der Waals surface area (Å²) >= 11 is 5.93. The topological polar surface area (TPSA) is 41.1 Å². The van der Waals surface area contributed by atoms with E-state index in [0.717, 1.165) is 30.8 Å². The maximum atomic E-state index is 11.2. The predicted molar refractivity (Wildman–Crippen MR) is 78.3 cm³/mol. The molecule has 2 N–H and O–H groups in total. The van der Waals surface area contributed by atoms with Crippen molar-refractivity contribution in [3.05, 3.63) is 34.9 Å². The molecule has 0 radical (unpaired) electrons. The van der Waals surface area contributed by atoms with Crippen molar-refractivity contribution in [3.63, 3.8) is 0 Å². The smallest absolute Gasteiger partial charge is 0.220 e. The third-order valence-corrected chi connectivity index (χ3v) is 3.80. The van der Waals surface area contributed by atoms with Crippen molar-refractivity contribution < 1.29 is 4.79 Å². The van der Waals surface area contributed by atoms with Gasteiger partial charge in [0, 0.05) is 30.1 Å². The molecule has 1 aromatic carbocycles. The Morgan fingerprint density at radius 3 is 2.74 bits per heavy atom. The fourth-order valence-corrected chi connectivity index (χ4v) is 2.62. The number of amides is 1. The molecule has 1 aromatic rings. The Labute approximate surface area is 119 Å². The quantitative estimate of drug-likeness (QED) is 0.870. The van der Waals surface area contributed by atoms with Gasteiger partial charge in [-0.3, -0.25) is 4.79 Å². The maximum Gasteiger partial charge on any atom is 0.220 e.